The third-order valence-electron chi connectivity index (χ3n) is 2.94. The number of methoxy groups -OCH3 is 1. The number of hydrazine groups is 1. The number of nitrogens with zero attached hydrogens (tertiary/aromatic N) is 1. The van der Waals surface area contributed by atoms with Crippen LogP contribution in [0.3, 0.4) is 0 Å². The third kappa shape index (κ3) is 4.33. The van der Waals surface area contributed by atoms with Crippen molar-refractivity contribution >= 4 is 23.4 Å². The van der Waals surface area contributed by atoms with Crippen LogP contribution in [0.5, 0.6) is 5.75 Å². The zero-order valence-corrected chi connectivity index (χ0v) is 13.0. The zero-order chi connectivity index (χ0) is 16.8. The summed E-state index contributed by atoms with van der Waals surface area (Å²) in [6.07, 6.45) is 1.48. The van der Waals surface area contributed by atoms with Gasteiger partial charge in [0.2, 0.25) is 0 Å². The van der Waals surface area contributed by atoms with Crippen molar-refractivity contribution in [1.29, 1.82) is 0 Å². The Morgan fingerprint density at radius 2 is 2.00 bits per heavy atom. The Morgan fingerprint density at radius 3 is 2.70 bits per heavy atom. The molecule has 1 aromatic heterocycles. The fourth-order valence-corrected chi connectivity index (χ4v) is 1.99. The molecule has 8 heteroatoms. The second-order valence-electron chi connectivity index (χ2n) is 4.51. The predicted octanol–water partition coefficient (Wildman–Crippen LogP) is 0.972. The van der Waals surface area contributed by atoms with E-state index in [0.29, 0.717) is 5.02 Å². The summed E-state index contributed by atoms with van der Waals surface area (Å²) in [4.78, 5) is 35.3. The monoisotopic (exact) mass is 335 g/mol. The molecule has 0 bridgehead atoms. The molecule has 2 aromatic rings. The Labute approximate surface area is 136 Å². The molecule has 0 aliphatic heterocycles. The second kappa shape index (κ2) is 7.46. The van der Waals surface area contributed by atoms with Gasteiger partial charge in [0, 0.05) is 17.3 Å². The normalized spacial score (nSPS) is 10.0. The van der Waals surface area contributed by atoms with Crippen LogP contribution in [0.4, 0.5) is 0 Å². The van der Waals surface area contributed by atoms with Gasteiger partial charge < -0.3 is 9.30 Å². The molecule has 0 spiro atoms. The average molecular weight is 336 g/mol. The summed E-state index contributed by atoms with van der Waals surface area (Å²) in [5.74, 6) is -0.824. The summed E-state index contributed by atoms with van der Waals surface area (Å²) < 4.78 is 6.27. The molecular weight excluding hydrogens is 322 g/mol. The number of rotatable bonds is 4. The molecule has 2 rings (SSSR count). The molecule has 0 saturated carbocycles. The number of hydrogen-bond acceptors (Lipinski definition) is 4. The van der Waals surface area contributed by atoms with E-state index in [-0.39, 0.29) is 23.4 Å². The maximum Gasteiger partial charge on any atom is 0.273 e. The molecule has 0 atom stereocenters. The third-order valence-corrected chi connectivity index (χ3v) is 3.17. The van der Waals surface area contributed by atoms with Crippen LogP contribution >= 0.6 is 11.6 Å². The Bertz CT molecular complexity index is 788. The van der Waals surface area contributed by atoms with Crippen LogP contribution in [0.25, 0.3) is 0 Å². The lowest BCUT2D eigenvalue weighted by atomic mass is 10.2. The van der Waals surface area contributed by atoms with Crippen LogP contribution in [-0.4, -0.2) is 23.5 Å². The van der Waals surface area contributed by atoms with Gasteiger partial charge in [-0.1, -0.05) is 17.7 Å². The van der Waals surface area contributed by atoms with Crippen LogP contribution in [0.2, 0.25) is 5.02 Å². The Balaban J connectivity index is 1.98. The number of hydrogen-bond donors (Lipinski definition) is 2. The standard InChI is InChI=1S/C15H14ClN3O4/c1-23-12-8-10(16)5-6-11(12)15(22)18-17-13(20)9-19-7-3-2-4-14(19)21/h2-8H,9H2,1H3,(H,17,20)(H,18,22). The first kappa shape index (κ1) is 16.6. The summed E-state index contributed by atoms with van der Waals surface area (Å²) in [5.41, 5.74) is 4.40. The summed E-state index contributed by atoms with van der Waals surface area (Å²) >= 11 is 5.82. The van der Waals surface area contributed by atoms with Crippen molar-refractivity contribution in [1.82, 2.24) is 15.4 Å². The Hall–Kier alpha value is -2.80. The molecular formula is C15H14ClN3O4. The summed E-state index contributed by atoms with van der Waals surface area (Å²) in [5, 5.41) is 0.422. The SMILES string of the molecule is COc1cc(Cl)ccc1C(=O)NNC(=O)Cn1ccccc1=O. The first-order valence-electron chi connectivity index (χ1n) is 6.59. The average Bonchev–Trinajstić information content (AvgIpc) is 2.54. The van der Waals surface area contributed by atoms with Gasteiger partial charge in [0.1, 0.15) is 12.3 Å². The molecule has 0 fully saturated rings. The van der Waals surface area contributed by atoms with Crippen molar-refractivity contribution in [2.24, 2.45) is 0 Å². The van der Waals surface area contributed by atoms with Gasteiger partial charge in [0.05, 0.1) is 12.7 Å². The van der Waals surface area contributed by atoms with Crippen LogP contribution < -0.4 is 21.1 Å². The molecule has 1 aromatic carbocycles. The minimum absolute atomic E-state index is 0.211. The number of carbonyl (C=O) groups excluding carboxylic acids is 2. The van der Waals surface area contributed by atoms with Crippen molar-refractivity contribution in [3.63, 3.8) is 0 Å². The van der Waals surface area contributed by atoms with Gasteiger partial charge in [-0.05, 0) is 24.3 Å². The van der Waals surface area contributed by atoms with E-state index in [1.54, 1.807) is 12.1 Å². The minimum Gasteiger partial charge on any atom is -0.496 e. The van der Waals surface area contributed by atoms with Gasteiger partial charge in [-0.15, -0.1) is 0 Å². The van der Waals surface area contributed by atoms with Gasteiger partial charge in [-0.2, -0.15) is 0 Å². The number of aromatic nitrogens is 1. The number of benzene rings is 1. The van der Waals surface area contributed by atoms with E-state index in [1.807, 2.05) is 0 Å². The van der Waals surface area contributed by atoms with Crippen LogP contribution in [0, 0.1) is 0 Å². The first-order chi connectivity index (χ1) is 11.0. The highest BCUT2D eigenvalue weighted by atomic mass is 35.5. The molecule has 0 aliphatic rings. The van der Waals surface area contributed by atoms with Gasteiger partial charge in [-0.25, -0.2) is 0 Å². The lowest BCUT2D eigenvalue weighted by Gasteiger charge is -2.11. The van der Waals surface area contributed by atoms with Crippen molar-refractivity contribution in [2.75, 3.05) is 7.11 Å². The highest BCUT2D eigenvalue weighted by Crippen LogP contribution is 2.22. The second-order valence-corrected chi connectivity index (χ2v) is 4.95. The lowest BCUT2D eigenvalue weighted by Crippen LogP contribution is -2.44. The topological polar surface area (TPSA) is 89.4 Å². The van der Waals surface area contributed by atoms with E-state index in [2.05, 4.69) is 10.9 Å². The number of nitrogens with one attached hydrogen (secondary N) is 2. The van der Waals surface area contributed by atoms with Gasteiger partial charge in [0.15, 0.2) is 0 Å². The number of ether oxygens (including phenoxy) is 1. The molecule has 2 N–H and O–H groups in total. The van der Waals surface area contributed by atoms with Crippen molar-refractivity contribution in [3.05, 3.63) is 63.5 Å². The molecule has 2 amide bonds. The first-order valence-corrected chi connectivity index (χ1v) is 6.97. The van der Waals surface area contributed by atoms with Gasteiger partial charge in [-0.3, -0.25) is 25.2 Å². The highest BCUT2D eigenvalue weighted by molar-refractivity contribution is 6.30. The van der Waals surface area contributed by atoms with E-state index in [4.69, 9.17) is 16.3 Å². The largest absolute Gasteiger partial charge is 0.496 e. The smallest absolute Gasteiger partial charge is 0.273 e. The number of halogens is 1. The number of carbonyl (C=O) groups is 2. The fourth-order valence-electron chi connectivity index (χ4n) is 1.83. The van der Waals surface area contributed by atoms with E-state index >= 15 is 0 Å². The van der Waals surface area contributed by atoms with Crippen molar-refractivity contribution in [3.8, 4) is 5.75 Å². The highest BCUT2D eigenvalue weighted by Gasteiger charge is 2.13. The Kier molecular flexibility index (Phi) is 5.37. The van der Waals surface area contributed by atoms with Crippen LogP contribution in [-0.2, 0) is 11.3 Å². The fraction of sp³-hybridized carbons (Fsp3) is 0.133. The molecule has 0 radical (unpaired) electrons. The Morgan fingerprint density at radius 1 is 1.22 bits per heavy atom. The predicted molar refractivity (Wildman–Crippen MR) is 84.3 cm³/mol. The minimum atomic E-state index is -0.563. The summed E-state index contributed by atoms with van der Waals surface area (Å²) in [6.45, 7) is -0.211. The van der Waals surface area contributed by atoms with E-state index in [9.17, 15) is 14.4 Å². The molecule has 0 saturated heterocycles. The lowest BCUT2D eigenvalue weighted by molar-refractivity contribution is -0.122. The molecule has 23 heavy (non-hydrogen) atoms. The molecule has 7 nitrogen and oxygen atoms in total. The number of amides is 2. The van der Waals surface area contributed by atoms with Crippen molar-refractivity contribution in [2.45, 2.75) is 6.54 Å². The molecule has 0 unspecified atom stereocenters. The maximum absolute atomic E-state index is 12.0. The summed E-state index contributed by atoms with van der Waals surface area (Å²) in [7, 11) is 1.41. The van der Waals surface area contributed by atoms with Crippen LogP contribution in [0.1, 0.15) is 10.4 Å². The zero-order valence-electron chi connectivity index (χ0n) is 12.2. The number of pyridine rings is 1. The summed E-state index contributed by atoms with van der Waals surface area (Å²) in [6, 6.07) is 9.04. The quantitative estimate of drug-likeness (QED) is 0.815. The molecule has 0 aliphatic carbocycles. The van der Waals surface area contributed by atoms with Gasteiger partial charge in [0.25, 0.3) is 17.4 Å². The van der Waals surface area contributed by atoms with E-state index < -0.39 is 11.8 Å². The molecule has 1 heterocycles. The molecule has 120 valence electrons. The van der Waals surface area contributed by atoms with E-state index in [1.165, 1.54) is 42.1 Å². The van der Waals surface area contributed by atoms with Crippen molar-refractivity contribution < 1.29 is 14.3 Å². The van der Waals surface area contributed by atoms with Crippen LogP contribution in [0.15, 0.2) is 47.4 Å². The maximum atomic E-state index is 12.0. The van der Waals surface area contributed by atoms with E-state index in [0.717, 1.165) is 0 Å². The van der Waals surface area contributed by atoms with Gasteiger partial charge >= 0.3 is 0 Å².